The van der Waals surface area contributed by atoms with Crippen LogP contribution in [0.3, 0.4) is 0 Å². The van der Waals surface area contributed by atoms with Gasteiger partial charge >= 0.3 is 0 Å². The van der Waals surface area contributed by atoms with Gasteiger partial charge in [-0.1, -0.05) is 58.1 Å². The molecule has 0 radical (unpaired) electrons. The first-order valence-corrected chi connectivity index (χ1v) is 12.2. The van der Waals surface area contributed by atoms with Crippen LogP contribution in [0.1, 0.15) is 75.0 Å². The molecule has 160 valence electrons. The Morgan fingerprint density at radius 2 is 2.00 bits per heavy atom. The lowest BCUT2D eigenvalue weighted by Crippen LogP contribution is -2.26. The van der Waals surface area contributed by atoms with E-state index in [0.29, 0.717) is 17.8 Å². The summed E-state index contributed by atoms with van der Waals surface area (Å²) in [7, 11) is 0. The summed E-state index contributed by atoms with van der Waals surface area (Å²) in [5.41, 5.74) is 8.08. The SMILES string of the molecule is CCC1CNc2cc(C#N)cc(-c3ccc4c(c3)N=CC(C(C)C3CCCCC3)C4)c21. The van der Waals surface area contributed by atoms with Gasteiger partial charge in [0, 0.05) is 30.3 Å². The molecule has 1 fully saturated rings. The number of fused-ring (bicyclic) bond motifs is 2. The minimum Gasteiger partial charge on any atom is -0.384 e. The van der Waals surface area contributed by atoms with Gasteiger partial charge in [-0.25, -0.2) is 0 Å². The van der Waals surface area contributed by atoms with Crippen molar-refractivity contribution in [2.45, 2.75) is 64.7 Å². The van der Waals surface area contributed by atoms with E-state index in [1.54, 1.807) is 0 Å². The molecule has 0 saturated heterocycles. The van der Waals surface area contributed by atoms with Gasteiger partial charge in [0.1, 0.15) is 0 Å². The first-order valence-electron chi connectivity index (χ1n) is 12.2. The molecule has 0 amide bonds. The van der Waals surface area contributed by atoms with Gasteiger partial charge in [-0.3, -0.25) is 4.99 Å². The number of rotatable bonds is 4. The maximum absolute atomic E-state index is 9.54. The van der Waals surface area contributed by atoms with Crippen LogP contribution in [0.5, 0.6) is 0 Å². The molecule has 2 aliphatic heterocycles. The summed E-state index contributed by atoms with van der Waals surface area (Å²) in [6.07, 6.45) is 11.4. The van der Waals surface area contributed by atoms with Crippen LogP contribution in [0.2, 0.25) is 0 Å². The van der Waals surface area contributed by atoms with Crippen LogP contribution in [0.15, 0.2) is 35.3 Å². The second-order valence-corrected chi connectivity index (χ2v) is 9.83. The molecule has 31 heavy (non-hydrogen) atoms. The number of nitriles is 1. The Bertz CT molecular complexity index is 1040. The fraction of sp³-hybridized carbons (Fsp3) is 0.500. The Hall–Kier alpha value is -2.60. The zero-order valence-electron chi connectivity index (χ0n) is 18.8. The van der Waals surface area contributed by atoms with Gasteiger partial charge in [-0.2, -0.15) is 5.26 Å². The van der Waals surface area contributed by atoms with Crippen LogP contribution >= 0.6 is 0 Å². The minimum atomic E-state index is 0.498. The van der Waals surface area contributed by atoms with Crippen molar-refractivity contribution < 1.29 is 0 Å². The highest BCUT2D eigenvalue weighted by Crippen LogP contribution is 2.44. The molecular formula is C28H33N3. The van der Waals surface area contributed by atoms with Crippen molar-refractivity contribution >= 4 is 17.6 Å². The minimum absolute atomic E-state index is 0.498. The number of anilines is 1. The topological polar surface area (TPSA) is 48.2 Å². The van der Waals surface area contributed by atoms with Crippen molar-refractivity contribution in [3.8, 4) is 17.2 Å². The van der Waals surface area contributed by atoms with Crippen molar-refractivity contribution in [2.24, 2.45) is 22.7 Å². The number of nitrogens with zero attached hydrogens (tertiary/aromatic N) is 2. The lowest BCUT2D eigenvalue weighted by Gasteiger charge is -2.33. The van der Waals surface area contributed by atoms with Gasteiger partial charge in [-0.15, -0.1) is 0 Å². The first-order chi connectivity index (χ1) is 15.2. The van der Waals surface area contributed by atoms with E-state index in [0.717, 1.165) is 42.2 Å². The molecule has 2 aromatic carbocycles. The van der Waals surface area contributed by atoms with Gasteiger partial charge in [0.25, 0.3) is 0 Å². The van der Waals surface area contributed by atoms with Crippen LogP contribution in [0.4, 0.5) is 11.4 Å². The predicted molar refractivity (Wildman–Crippen MR) is 129 cm³/mol. The van der Waals surface area contributed by atoms with Crippen LogP contribution in [-0.2, 0) is 6.42 Å². The van der Waals surface area contributed by atoms with Gasteiger partial charge < -0.3 is 5.32 Å². The molecule has 3 heteroatoms. The number of hydrogen-bond acceptors (Lipinski definition) is 3. The molecule has 0 bridgehead atoms. The van der Waals surface area contributed by atoms with Crippen molar-refractivity contribution in [2.75, 3.05) is 11.9 Å². The summed E-state index contributed by atoms with van der Waals surface area (Å²) in [6.45, 7) is 5.65. The van der Waals surface area contributed by atoms with Crippen molar-refractivity contribution in [1.82, 2.24) is 0 Å². The Labute approximate surface area is 186 Å². The highest BCUT2D eigenvalue weighted by atomic mass is 14.9. The highest BCUT2D eigenvalue weighted by molar-refractivity contribution is 5.82. The third kappa shape index (κ3) is 3.78. The fourth-order valence-corrected chi connectivity index (χ4v) is 6.06. The molecule has 1 saturated carbocycles. The molecule has 3 aliphatic rings. The first kappa shape index (κ1) is 20.3. The lowest BCUT2D eigenvalue weighted by molar-refractivity contribution is 0.228. The number of hydrogen-bond donors (Lipinski definition) is 1. The molecule has 2 heterocycles. The molecule has 2 aromatic rings. The van der Waals surface area contributed by atoms with Crippen molar-refractivity contribution in [1.29, 1.82) is 5.26 Å². The smallest absolute Gasteiger partial charge is 0.0992 e. The Kier molecular flexibility index (Phi) is 5.57. The lowest BCUT2D eigenvalue weighted by atomic mass is 9.73. The van der Waals surface area contributed by atoms with Gasteiger partial charge in [0.05, 0.1) is 17.3 Å². The quantitative estimate of drug-likeness (QED) is 0.576. The second kappa shape index (κ2) is 8.50. The third-order valence-corrected chi connectivity index (χ3v) is 8.07. The van der Waals surface area contributed by atoms with E-state index < -0.39 is 0 Å². The van der Waals surface area contributed by atoms with Gasteiger partial charge in [-0.05, 0) is 65.1 Å². The third-order valence-electron chi connectivity index (χ3n) is 8.07. The van der Waals surface area contributed by atoms with E-state index in [-0.39, 0.29) is 0 Å². The van der Waals surface area contributed by atoms with Gasteiger partial charge in [0.15, 0.2) is 0 Å². The van der Waals surface area contributed by atoms with Crippen LogP contribution in [-0.4, -0.2) is 12.8 Å². The monoisotopic (exact) mass is 411 g/mol. The van der Waals surface area contributed by atoms with Crippen molar-refractivity contribution in [3.05, 3.63) is 47.0 Å². The number of aliphatic imine (C=N–C) groups is 1. The normalized spacial score (nSPS) is 23.5. The Morgan fingerprint density at radius 1 is 1.16 bits per heavy atom. The average Bonchev–Trinajstić information content (AvgIpc) is 3.26. The summed E-state index contributed by atoms with van der Waals surface area (Å²) in [5, 5.41) is 13.1. The Morgan fingerprint density at radius 3 is 2.77 bits per heavy atom. The summed E-state index contributed by atoms with van der Waals surface area (Å²) in [5.74, 6) is 2.63. The largest absolute Gasteiger partial charge is 0.384 e. The molecule has 3 atom stereocenters. The van der Waals surface area contributed by atoms with E-state index in [1.165, 1.54) is 54.4 Å². The summed E-state index contributed by atoms with van der Waals surface area (Å²) in [6, 6.07) is 13.2. The zero-order chi connectivity index (χ0) is 21.4. The molecular weight excluding hydrogens is 378 g/mol. The Balaban J connectivity index is 1.45. The molecule has 0 spiro atoms. The predicted octanol–water partition coefficient (Wildman–Crippen LogP) is 7.24. The second-order valence-electron chi connectivity index (χ2n) is 9.83. The number of nitrogens with one attached hydrogen (secondary N) is 1. The fourth-order valence-electron chi connectivity index (χ4n) is 6.06. The van der Waals surface area contributed by atoms with E-state index in [1.807, 2.05) is 6.07 Å². The standard InChI is InChI=1S/C28H33N3/c1-3-20-16-31-27-12-19(15-29)11-25(28(20)27)22-9-10-23-13-24(17-30-26(23)14-22)18(2)21-7-5-4-6-8-21/h9-12,14,17-18,20-21,24,31H,3-8,13,16H2,1-2H3. The van der Waals surface area contributed by atoms with Crippen molar-refractivity contribution in [3.63, 3.8) is 0 Å². The van der Waals surface area contributed by atoms with Crippen LogP contribution < -0.4 is 5.32 Å². The maximum atomic E-state index is 9.54. The summed E-state index contributed by atoms with van der Waals surface area (Å²) in [4.78, 5) is 4.95. The maximum Gasteiger partial charge on any atom is 0.0992 e. The molecule has 3 unspecified atom stereocenters. The van der Waals surface area contributed by atoms with Gasteiger partial charge in [0.2, 0.25) is 0 Å². The van der Waals surface area contributed by atoms with E-state index in [4.69, 9.17) is 4.99 Å². The highest BCUT2D eigenvalue weighted by Gasteiger charge is 2.29. The molecule has 0 aromatic heterocycles. The van der Waals surface area contributed by atoms with Crippen LogP contribution in [0, 0.1) is 29.1 Å². The van der Waals surface area contributed by atoms with E-state index in [2.05, 4.69) is 55.7 Å². The van der Waals surface area contributed by atoms with E-state index in [9.17, 15) is 5.26 Å². The molecule has 5 rings (SSSR count). The van der Waals surface area contributed by atoms with Crippen LogP contribution in [0.25, 0.3) is 11.1 Å². The number of benzene rings is 2. The molecule has 1 N–H and O–H groups in total. The summed E-state index contributed by atoms with van der Waals surface area (Å²) < 4.78 is 0. The van der Waals surface area contributed by atoms with E-state index >= 15 is 0 Å². The molecule has 1 aliphatic carbocycles. The average molecular weight is 412 g/mol. The molecule has 3 nitrogen and oxygen atoms in total. The zero-order valence-corrected chi connectivity index (χ0v) is 18.8. The summed E-state index contributed by atoms with van der Waals surface area (Å²) >= 11 is 0.